The molecule has 7 nitrogen and oxygen atoms in total. The summed E-state index contributed by atoms with van der Waals surface area (Å²) in [5.74, 6) is 0.706. The summed E-state index contributed by atoms with van der Waals surface area (Å²) in [7, 11) is 2.13. The maximum Gasteiger partial charge on any atom is 0.222 e. The van der Waals surface area contributed by atoms with Gasteiger partial charge in [0.2, 0.25) is 11.8 Å². The monoisotopic (exact) mass is 409 g/mol. The largest absolute Gasteiger partial charge is 0.354 e. The molecule has 1 atom stereocenters. The first-order valence-corrected chi connectivity index (χ1v) is 10.4. The first-order chi connectivity index (χ1) is 14.4. The lowest BCUT2D eigenvalue weighted by Crippen LogP contribution is -2.44. The van der Waals surface area contributed by atoms with Gasteiger partial charge >= 0.3 is 0 Å². The fraction of sp³-hybridized carbons (Fsp3) is 0.435. The SMILES string of the molecule is CC(=O)NC(CC(=O)NCc1ccc(N2CCN(C)CC2)nc1)c1ccc(C)cc1. The van der Waals surface area contributed by atoms with Gasteiger partial charge in [0.05, 0.1) is 12.5 Å². The van der Waals surface area contributed by atoms with E-state index in [4.69, 9.17) is 0 Å². The van der Waals surface area contributed by atoms with Crippen molar-refractivity contribution in [2.45, 2.75) is 32.9 Å². The predicted octanol–water partition coefficient (Wildman–Crippen LogP) is 2.03. The highest BCUT2D eigenvalue weighted by Crippen LogP contribution is 2.18. The van der Waals surface area contributed by atoms with E-state index in [-0.39, 0.29) is 24.3 Å². The quantitative estimate of drug-likeness (QED) is 0.732. The van der Waals surface area contributed by atoms with Crippen molar-refractivity contribution < 1.29 is 9.59 Å². The topological polar surface area (TPSA) is 77.6 Å². The molecule has 7 heteroatoms. The Balaban J connectivity index is 1.53. The van der Waals surface area contributed by atoms with Crippen LogP contribution >= 0.6 is 0 Å². The second-order valence-corrected chi connectivity index (χ2v) is 7.96. The van der Waals surface area contributed by atoms with Crippen molar-refractivity contribution in [3.8, 4) is 0 Å². The van der Waals surface area contributed by atoms with Crippen LogP contribution in [0.15, 0.2) is 42.6 Å². The maximum atomic E-state index is 12.5. The van der Waals surface area contributed by atoms with Gasteiger partial charge in [-0.3, -0.25) is 9.59 Å². The summed E-state index contributed by atoms with van der Waals surface area (Å²) in [6.07, 6.45) is 2.01. The van der Waals surface area contributed by atoms with Crippen molar-refractivity contribution in [3.05, 3.63) is 59.3 Å². The van der Waals surface area contributed by atoms with E-state index >= 15 is 0 Å². The van der Waals surface area contributed by atoms with Crippen molar-refractivity contribution in [3.63, 3.8) is 0 Å². The van der Waals surface area contributed by atoms with Crippen LogP contribution in [-0.2, 0) is 16.1 Å². The fourth-order valence-electron chi connectivity index (χ4n) is 3.50. The third-order valence-electron chi connectivity index (χ3n) is 5.37. The number of nitrogens with zero attached hydrogens (tertiary/aromatic N) is 3. The number of carbonyl (C=O) groups is 2. The van der Waals surface area contributed by atoms with Crippen LogP contribution in [0.25, 0.3) is 0 Å². The number of likely N-dealkylation sites (N-methyl/N-ethyl adjacent to an activating group) is 1. The highest BCUT2D eigenvalue weighted by Gasteiger charge is 2.18. The molecule has 0 spiro atoms. The van der Waals surface area contributed by atoms with Gasteiger partial charge in [0.1, 0.15) is 5.82 Å². The molecule has 1 aromatic carbocycles. The molecule has 1 aromatic heterocycles. The van der Waals surface area contributed by atoms with E-state index in [0.29, 0.717) is 6.54 Å². The Hall–Kier alpha value is -2.93. The number of nitrogens with one attached hydrogen (secondary N) is 2. The minimum absolute atomic E-state index is 0.113. The van der Waals surface area contributed by atoms with Gasteiger partial charge in [-0.25, -0.2) is 4.98 Å². The fourth-order valence-corrected chi connectivity index (χ4v) is 3.50. The maximum absolute atomic E-state index is 12.5. The standard InChI is InChI=1S/C23H31N5O2/c1-17-4-7-20(8-5-17)21(26-18(2)29)14-23(30)25-16-19-6-9-22(24-15-19)28-12-10-27(3)11-13-28/h4-9,15,21H,10-14,16H2,1-3H3,(H,25,30)(H,26,29). The Morgan fingerprint density at radius 2 is 1.77 bits per heavy atom. The van der Waals surface area contributed by atoms with Crippen molar-refractivity contribution in [2.75, 3.05) is 38.1 Å². The van der Waals surface area contributed by atoms with E-state index in [9.17, 15) is 9.59 Å². The number of aromatic nitrogens is 1. The molecule has 2 N–H and O–H groups in total. The number of aryl methyl sites for hydroxylation is 1. The van der Waals surface area contributed by atoms with Crippen LogP contribution in [-0.4, -0.2) is 54.9 Å². The molecule has 1 fully saturated rings. The highest BCUT2D eigenvalue weighted by atomic mass is 16.2. The molecular formula is C23H31N5O2. The minimum atomic E-state index is -0.346. The average molecular weight is 410 g/mol. The lowest BCUT2D eigenvalue weighted by molar-refractivity contribution is -0.122. The summed E-state index contributed by atoms with van der Waals surface area (Å²) >= 11 is 0. The zero-order valence-electron chi connectivity index (χ0n) is 18.0. The van der Waals surface area contributed by atoms with Crippen LogP contribution in [0.2, 0.25) is 0 Å². The van der Waals surface area contributed by atoms with Crippen LogP contribution in [0.1, 0.15) is 36.1 Å². The zero-order chi connectivity index (χ0) is 21.5. The van der Waals surface area contributed by atoms with Gasteiger partial charge in [0.25, 0.3) is 0 Å². The van der Waals surface area contributed by atoms with Crippen LogP contribution in [0.4, 0.5) is 5.82 Å². The Kier molecular flexibility index (Phi) is 7.41. The van der Waals surface area contributed by atoms with Gasteiger partial charge in [-0.2, -0.15) is 0 Å². The van der Waals surface area contributed by atoms with E-state index in [2.05, 4.69) is 32.5 Å². The van der Waals surface area contributed by atoms with Gasteiger partial charge < -0.3 is 20.4 Å². The van der Waals surface area contributed by atoms with Gasteiger partial charge in [-0.15, -0.1) is 0 Å². The van der Waals surface area contributed by atoms with E-state index in [1.165, 1.54) is 6.92 Å². The summed E-state index contributed by atoms with van der Waals surface area (Å²) in [5, 5.41) is 5.81. The Morgan fingerprint density at radius 3 is 2.37 bits per heavy atom. The van der Waals surface area contributed by atoms with Gasteiger partial charge in [0, 0.05) is 45.8 Å². The molecule has 0 saturated carbocycles. The van der Waals surface area contributed by atoms with Crippen LogP contribution in [0.3, 0.4) is 0 Å². The Labute approximate surface area is 178 Å². The van der Waals surface area contributed by atoms with E-state index < -0.39 is 0 Å². The van der Waals surface area contributed by atoms with E-state index in [1.54, 1.807) is 0 Å². The zero-order valence-corrected chi connectivity index (χ0v) is 18.0. The summed E-state index contributed by atoms with van der Waals surface area (Å²) < 4.78 is 0. The first-order valence-electron chi connectivity index (χ1n) is 10.4. The molecule has 0 radical (unpaired) electrons. The van der Waals surface area contributed by atoms with E-state index in [0.717, 1.165) is 48.7 Å². The second-order valence-electron chi connectivity index (χ2n) is 7.96. The Morgan fingerprint density at radius 1 is 1.07 bits per heavy atom. The summed E-state index contributed by atoms with van der Waals surface area (Å²) in [4.78, 5) is 33.2. The number of benzene rings is 1. The molecule has 2 heterocycles. The van der Waals surface area contributed by atoms with Crippen molar-refractivity contribution >= 4 is 17.6 Å². The van der Waals surface area contributed by atoms with Gasteiger partial charge in [0.15, 0.2) is 0 Å². The molecule has 160 valence electrons. The molecule has 1 unspecified atom stereocenters. The first kappa shape index (κ1) is 21.8. The molecule has 1 aliphatic rings. The predicted molar refractivity (Wildman–Crippen MR) is 118 cm³/mol. The number of amides is 2. The average Bonchev–Trinajstić information content (AvgIpc) is 2.73. The number of hydrogen-bond donors (Lipinski definition) is 2. The number of rotatable bonds is 7. The van der Waals surface area contributed by atoms with Crippen LogP contribution in [0, 0.1) is 6.92 Å². The molecule has 1 aliphatic heterocycles. The molecule has 0 bridgehead atoms. The molecule has 0 aliphatic carbocycles. The normalized spacial score (nSPS) is 15.5. The number of anilines is 1. The minimum Gasteiger partial charge on any atom is -0.354 e. The third kappa shape index (κ3) is 6.29. The Bertz CT molecular complexity index is 843. The number of piperazine rings is 1. The highest BCUT2D eigenvalue weighted by molar-refractivity contribution is 5.79. The van der Waals surface area contributed by atoms with E-state index in [1.807, 2.05) is 49.5 Å². The summed E-state index contributed by atoms with van der Waals surface area (Å²) in [6, 6.07) is 11.5. The molecule has 2 aromatic rings. The number of pyridine rings is 1. The van der Waals surface area contributed by atoms with Crippen molar-refractivity contribution in [1.82, 2.24) is 20.5 Å². The van der Waals surface area contributed by atoms with Crippen molar-refractivity contribution in [2.24, 2.45) is 0 Å². The molecule has 3 rings (SSSR count). The molecule has 1 saturated heterocycles. The molecular weight excluding hydrogens is 378 g/mol. The lowest BCUT2D eigenvalue weighted by atomic mass is 10.0. The molecule has 2 amide bonds. The van der Waals surface area contributed by atoms with Gasteiger partial charge in [-0.05, 0) is 31.2 Å². The van der Waals surface area contributed by atoms with Gasteiger partial charge in [-0.1, -0.05) is 35.9 Å². The third-order valence-corrected chi connectivity index (χ3v) is 5.37. The number of hydrogen-bond acceptors (Lipinski definition) is 5. The van der Waals surface area contributed by atoms with Crippen molar-refractivity contribution in [1.29, 1.82) is 0 Å². The van der Waals surface area contributed by atoms with Crippen LogP contribution in [0.5, 0.6) is 0 Å². The lowest BCUT2D eigenvalue weighted by Gasteiger charge is -2.33. The smallest absolute Gasteiger partial charge is 0.222 e. The number of carbonyl (C=O) groups excluding carboxylic acids is 2. The second kappa shape index (κ2) is 10.2. The van der Waals surface area contributed by atoms with Crippen LogP contribution < -0.4 is 15.5 Å². The summed E-state index contributed by atoms with van der Waals surface area (Å²) in [6.45, 7) is 7.91. The summed E-state index contributed by atoms with van der Waals surface area (Å²) in [5.41, 5.74) is 3.01. The molecule has 30 heavy (non-hydrogen) atoms.